The van der Waals surface area contributed by atoms with Crippen molar-refractivity contribution in [3.05, 3.63) is 24.3 Å². The number of hydrogen-bond acceptors (Lipinski definition) is 6. The first-order chi connectivity index (χ1) is 9.85. The molecule has 21 heavy (non-hydrogen) atoms. The molecule has 0 bridgehead atoms. The van der Waals surface area contributed by atoms with Gasteiger partial charge in [0.2, 0.25) is 5.16 Å². The van der Waals surface area contributed by atoms with Gasteiger partial charge >= 0.3 is 12.3 Å². The topological polar surface area (TPSA) is 90.1 Å². The number of nitrogens with zero attached hydrogens (tertiary/aromatic N) is 4. The van der Waals surface area contributed by atoms with E-state index < -0.39 is 12.3 Å². The van der Waals surface area contributed by atoms with Gasteiger partial charge in [-0.15, -0.1) is 18.3 Å². The van der Waals surface area contributed by atoms with Gasteiger partial charge in [0.25, 0.3) is 0 Å². The van der Waals surface area contributed by atoms with Gasteiger partial charge in [-0.1, -0.05) is 11.8 Å². The molecule has 0 aliphatic carbocycles. The van der Waals surface area contributed by atoms with Gasteiger partial charge in [-0.3, -0.25) is 4.79 Å². The summed E-state index contributed by atoms with van der Waals surface area (Å²) in [5.41, 5.74) is 0.377. The number of aromatic nitrogens is 4. The SMILES string of the molecule is O=C(O)CSc1nnnn1-c1ccc(OC(F)(F)F)cc1. The van der Waals surface area contributed by atoms with Gasteiger partial charge in [-0.2, -0.15) is 4.68 Å². The number of carboxylic acids is 1. The third kappa shape index (κ3) is 4.34. The molecule has 1 heterocycles. The van der Waals surface area contributed by atoms with Crippen LogP contribution in [0.3, 0.4) is 0 Å². The van der Waals surface area contributed by atoms with Gasteiger partial charge in [-0.25, -0.2) is 0 Å². The molecule has 1 aromatic heterocycles. The third-order valence-electron chi connectivity index (χ3n) is 2.08. The minimum absolute atomic E-state index is 0.210. The van der Waals surface area contributed by atoms with E-state index in [0.717, 1.165) is 23.9 Å². The number of carboxylic acid groups (broad SMARTS) is 1. The zero-order valence-electron chi connectivity index (χ0n) is 10.1. The van der Waals surface area contributed by atoms with Crippen LogP contribution < -0.4 is 4.74 Å². The van der Waals surface area contributed by atoms with Crippen molar-refractivity contribution in [2.75, 3.05) is 5.75 Å². The Morgan fingerprint density at radius 1 is 1.33 bits per heavy atom. The van der Waals surface area contributed by atoms with Gasteiger partial charge < -0.3 is 9.84 Å². The molecule has 0 fully saturated rings. The van der Waals surface area contributed by atoms with Gasteiger partial charge in [0, 0.05) is 0 Å². The molecule has 112 valence electrons. The first-order valence-electron chi connectivity index (χ1n) is 5.34. The van der Waals surface area contributed by atoms with Crippen LogP contribution in [0.25, 0.3) is 5.69 Å². The summed E-state index contributed by atoms with van der Waals surface area (Å²) >= 11 is 0.887. The van der Waals surface area contributed by atoms with Crippen LogP contribution in [0.5, 0.6) is 5.75 Å². The number of tetrazole rings is 1. The van der Waals surface area contributed by atoms with Crippen LogP contribution in [0.4, 0.5) is 13.2 Å². The van der Waals surface area contributed by atoms with Gasteiger partial charge in [0.1, 0.15) is 5.75 Å². The number of benzene rings is 1. The molecule has 0 amide bonds. The smallest absolute Gasteiger partial charge is 0.481 e. The van der Waals surface area contributed by atoms with Gasteiger partial charge in [0.05, 0.1) is 11.4 Å². The second kappa shape index (κ2) is 5.99. The van der Waals surface area contributed by atoms with E-state index in [1.165, 1.54) is 16.8 Å². The van der Waals surface area contributed by atoms with E-state index in [9.17, 15) is 18.0 Å². The van der Waals surface area contributed by atoms with E-state index in [4.69, 9.17) is 5.11 Å². The van der Waals surface area contributed by atoms with E-state index in [2.05, 4.69) is 20.3 Å². The number of aliphatic carboxylic acids is 1. The Kier molecular flexibility index (Phi) is 4.31. The van der Waals surface area contributed by atoms with Crippen molar-refractivity contribution in [1.29, 1.82) is 0 Å². The fraction of sp³-hybridized carbons (Fsp3) is 0.200. The zero-order valence-corrected chi connectivity index (χ0v) is 10.9. The summed E-state index contributed by atoms with van der Waals surface area (Å²) < 4.78 is 41.1. The number of rotatable bonds is 5. The van der Waals surface area contributed by atoms with Crippen molar-refractivity contribution < 1.29 is 27.8 Å². The molecular formula is C10H7F3N4O3S. The van der Waals surface area contributed by atoms with Crippen molar-refractivity contribution in [2.45, 2.75) is 11.5 Å². The molecule has 0 aliphatic rings. The highest BCUT2D eigenvalue weighted by atomic mass is 32.2. The molecule has 0 radical (unpaired) electrons. The minimum atomic E-state index is -4.77. The molecule has 0 atom stereocenters. The van der Waals surface area contributed by atoms with E-state index in [1.807, 2.05) is 0 Å². The molecule has 0 saturated carbocycles. The number of ether oxygens (including phenoxy) is 1. The maximum Gasteiger partial charge on any atom is 0.573 e. The highest BCUT2D eigenvalue weighted by molar-refractivity contribution is 7.99. The quantitative estimate of drug-likeness (QED) is 0.839. The number of carbonyl (C=O) groups is 1. The predicted octanol–water partition coefficient (Wildman–Crippen LogP) is 1.74. The Morgan fingerprint density at radius 3 is 2.57 bits per heavy atom. The highest BCUT2D eigenvalue weighted by Crippen LogP contribution is 2.24. The van der Waals surface area contributed by atoms with Crippen LogP contribution in [-0.4, -0.2) is 43.4 Å². The lowest BCUT2D eigenvalue weighted by Gasteiger charge is -2.09. The fourth-order valence-electron chi connectivity index (χ4n) is 1.35. The molecule has 0 aliphatic heterocycles. The summed E-state index contributed by atoms with van der Waals surface area (Å²) in [6.07, 6.45) is -4.77. The highest BCUT2D eigenvalue weighted by Gasteiger charge is 2.31. The van der Waals surface area contributed by atoms with E-state index in [0.29, 0.717) is 5.69 Å². The summed E-state index contributed by atoms with van der Waals surface area (Å²) in [4.78, 5) is 10.5. The lowest BCUT2D eigenvalue weighted by molar-refractivity contribution is -0.274. The number of hydrogen-bond donors (Lipinski definition) is 1. The molecule has 0 spiro atoms. The summed E-state index contributed by atoms with van der Waals surface area (Å²) in [6.45, 7) is 0. The normalized spacial score (nSPS) is 11.4. The minimum Gasteiger partial charge on any atom is -0.481 e. The van der Waals surface area contributed by atoms with Gasteiger partial charge in [0.15, 0.2) is 0 Å². The average molecular weight is 320 g/mol. The van der Waals surface area contributed by atoms with Crippen molar-refractivity contribution in [1.82, 2.24) is 20.2 Å². The molecule has 0 unspecified atom stereocenters. The summed E-state index contributed by atoms with van der Waals surface area (Å²) in [5, 5.41) is 19.5. The maximum atomic E-state index is 12.0. The first kappa shape index (κ1) is 15.1. The van der Waals surface area contributed by atoms with Crippen LogP contribution in [0.1, 0.15) is 0 Å². The molecule has 11 heteroatoms. The second-order valence-corrected chi connectivity index (χ2v) is 4.54. The molecule has 2 aromatic rings. The standard InChI is InChI=1S/C10H7F3N4O3S/c11-10(12,13)20-7-3-1-6(2-4-7)17-9(14-15-16-17)21-5-8(18)19/h1-4H,5H2,(H,18,19). The van der Waals surface area contributed by atoms with Gasteiger partial charge in [-0.05, 0) is 34.7 Å². The van der Waals surface area contributed by atoms with Crippen molar-refractivity contribution in [3.63, 3.8) is 0 Å². The fourth-order valence-corrected chi connectivity index (χ4v) is 1.96. The number of thioether (sulfide) groups is 1. The third-order valence-corrected chi connectivity index (χ3v) is 2.98. The summed E-state index contributed by atoms with van der Waals surface area (Å²) in [6, 6.07) is 4.86. The Morgan fingerprint density at radius 2 is 2.00 bits per heavy atom. The lowest BCUT2D eigenvalue weighted by Crippen LogP contribution is -2.17. The van der Waals surface area contributed by atoms with E-state index >= 15 is 0 Å². The maximum absolute atomic E-state index is 12.0. The molecule has 2 rings (SSSR count). The van der Waals surface area contributed by atoms with Crippen LogP contribution in [-0.2, 0) is 4.79 Å². The zero-order chi connectivity index (χ0) is 15.5. The van der Waals surface area contributed by atoms with Crippen molar-refractivity contribution >= 4 is 17.7 Å². The predicted molar refractivity (Wildman–Crippen MR) is 64.2 cm³/mol. The van der Waals surface area contributed by atoms with Crippen molar-refractivity contribution in [3.8, 4) is 11.4 Å². The van der Waals surface area contributed by atoms with Crippen LogP contribution in [0.2, 0.25) is 0 Å². The average Bonchev–Trinajstić information content (AvgIpc) is 2.83. The Bertz CT molecular complexity index is 629. The molecular weight excluding hydrogens is 313 g/mol. The summed E-state index contributed by atoms with van der Waals surface area (Å²) in [5.74, 6) is -1.65. The van der Waals surface area contributed by atoms with E-state index in [-0.39, 0.29) is 16.7 Å². The number of halogens is 3. The Hall–Kier alpha value is -2.30. The van der Waals surface area contributed by atoms with E-state index in [1.54, 1.807) is 0 Å². The largest absolute Gasteiger partial charge is 0.573 e. The lowest BCUT2D eigenvalue weighted by atomic mass is 10.3. The van der Waals surface area contributed by atoms with Crippen LogP contribution >= 0.6 is 11.8 Å². The van der Waals surface area contributed by atoms with Crippen molar-refractivity contribution in [2.24, 2.45) is 0 Å². The Balaban J connectivity index is 2.16. The van der Waals surface area contributed by atoms with Crippen LogP contribution in [0, 0.1) is 0 Å². The molecule has 7 nitrogen and oxygen atoms in total. The second-order valence-electron chi connectivity index (χ2n) is 3.60. The molecule has 1 aromatic carbocycles. The summed E-state index contributed by atoms with van der Waals surface area (Å²) in [7, 11) is 0. The Labute approximate surface area is 119 Å². The molecule has 0 saturated heterocycles. The number of alkyl halides is 3. The monoisotopic (exact) mass is 320 g/mol. The molecule has 1 N–H and O–H groups in total. The van der Waals surface area contributed by atoms with Crippen LogP contribution in [0.15, 0.2) is 29.4 Å². The first-order valence-corrected chi connectivity index (χ1v) is 6.33.